The first-order valence-electron chi connectivity index (χ1n) is 5.57. The van der Waals surface area contributed by atoms with Crippen molar-refractivity contribution < 1.29 is 18.7 Å². The number of aromatic hydroxyl groups is 1. The average Bonchev–Trinajstić information content (AvgIpc) is 2.40. The standard InChI is InChI=1S/C14H11F2NO2/c15-10-3-1-9(2-4-10)8-17-14(19)12-7-11(16)5-6-13(12)18/h1-7,18H,8H2,(H,17,19). The van der Waals surface area contributed by atoms with Gasteiger partial charge < -0.3 is 10.4 Å². The van der Waals surface area contributed by atoms with Crippen molar-refractivity contribution in [2.75, 3.05) is 0 Å². The molecular formula is C14H11F2NO2. The number of phenolic OH excluding ortho intramolecular Hbond substituents is 1. The van der Waals surface area contributed by atoms with Gasteiger partial charge in [-0.15, -0.1) is 0 Å². The Kier molecular flexibility index (Phi) is 3.75. The summed E-state index contributed by atoms with van der Waals surface area (Å²) in [6, 6.07) is 8.74. The van der Waals surface area contributed by atoms with Crippen LogP contribution in [0.25, 0.3) is 0 Å². The van der Waals surface area contributed by atoms with Crippen LogP contribution in [0.15, 0.2) is 42.5 Å². The van der Waals surface area contributed by atoms with Gasteiger partial charge in [-0.05, 0) is 35.9 Å². The quantitative estimate of drug-likeness (QED) is 0.894. The van der Waals surface area contributed by atoms with Gasteiger partial charge in [0.05, 0.1) is 5.56 Å². The summed E-state index contributed by atoms with van der Waals surface area (Å²) in [5, 5.41) is 12.0. The number of nitrogens with one attached hydrogen (secondary N) is 1. The van der Waals surface area contributed by atoms with Gasteiger partial charge in [0, 0.05) is 6.54 Å². The first-order valence-corrected chi connectivity index (χ1v) is 5.57. The van der Waals surface area contributed by atoms with E-state index in [0.717, 1.165) is 18.2 Å². The third kappa shape index (κ3) is 3.28. The molecule has 2 aromatic carbocycles. The second-order valence-corrected chi connectivity index (χ2v) is 3.97. The minimum absolute atomic E-state index is 0.137. The van der Waals surface area contributed by atoms with E-state index in [9.17, 15) is 18.7 Å². The number of amides is 1. The van der Waals surface area contributed by atoms with Gasteiger partial charge in [0.25, 0.3) is 5.91 Å². The van der Waals surface area contributed by atoms with Gasteiger partial charge in [-0.25, -0.2) is 8.78 Å². The Morgan fingerprint density at radius 3 is 2.37 bits per heavy atom. The highest BCUT2D eigenvalue weighted by Gasteiger charge is 2.11. The molecule has 0 aliphatic carbocycles. The van der Waals surface area contributed by atoms with E-state index in [2.05, 4.69) is 5.32 Å². The molecule has 19 heavy (non-hydrogen) atoms. The summed E-state index contributed by atoms with van der Waals surface area (Å²) in [5.41, 5.74) is 0.563. The van der Waals surface area contributed by atoms with Gasteiger partial charge in [0.1, 0.15) is 17.4 Å². The Hall–Kier alpha value is -2.43. The number of carbonyl (C=O) groups excluding carboxylic acids is 1. The minimum Gasteiger partial charge on any atom is -0.507 e. The predicted octanol–water partition coefficient (Wildman–Crippen LogP) is 2.60. The van der Waals surface area contributed by atoms with E-state index in [4.69, 9.17) is 0 Å². The van der Waals surface area contributed by atoms with Crippen molar-refractivity contribution in [2.24, 2.45) is 0 Å². The summed E-state index contributed by atoms with van der Waals surface area (Å²) >= 11 is 0. The zero-order valence-electron chi connectivity index (χ0n) is 9.86. The van der Waals surface area contributed by atoms with Crippen molar-refractivity contribution in [2.45, 2.75) is 6.54 Å². The zero-order chi connectivity index (χ0) is 13.8. The van der Waals surface area contributed by atoms with E-state index in [1.807, 2.05) is 0 Å². The van der Waals surface area contributed by atoms with Gasteiger partial charge in [0.2, 0.25) is 0 Å². The van der Waals surface area contributed by atoms with Crippen molar-refractivity contribution >= 4 is 5.91 Å². The largest absolute Gasteiger partial charge is 0.507 e. The van der Waals surface area contributed by atoms with Gasteiger partial charge in [-0.2, -0.15) is 0 Å². The molecule has 98 valence electrons. The van der Waals surface area contributed by atoms with E-state index in [1.54, 1.807) is 0 Å². The fourth-order valence-corrected chi connectivity index (χ4v) is 1.57. The number of halogens is 2. The molecule has 0 radical (unpaired) electrons. The molecule has 0 saturated carbocycles. The van der Waals surface area contributed by atoms with Crippen LogP contribution in [0.4, 0.5) is 8.78 Å². The third-order valence-corrected chi connectivity index (χ3v) is 2.57. The molecule has 0 spiro atoms. The summed E-state index contributed by atoms with van der Waals surface area (Å²) < 4.78 is 25.7. The van der Waals surface area contributed by atoms with E-state index >= 15 is 0 Å². The fourth-order valence-electron chi connectivity index (χ4n) is 1.57. The van der Waals surface area contributed by atoms with Crippen molar-refractivity contribution in [3.63, 3.8) is 0 Å². The van der Waals surface area contributed by atoms with E-state index in [-0.39, 0.29) is 23.7 Å². The zero-order valence-corrected chi connectivity index (χ0v) is 9.86. The topological polar surface area (TPSA) is 49.3 Å². The van der Waals surface area contributed by atoms with Crippen LogP contribution in [0.5, 0.6) is 5.75 Å². The first-order chi connectivity index (χ1) is 9.06. The Labute approximate surface area is 108 Å². The molecule has 2 rings (SSSR count). The smallest absolute Gasteiger partial charge is 0.255 e. The lowest BCUT2D eigenvalue weighted by Crippen LogP contribution is -2.23. The van der Waals surface area contributed by atoms with Gasteiger partial charge in [0.15, 0.2) is 0 Å². The number of hydrogen-bond donors (Lipinski definition) is 2. The molecule has 0 aliphatic rings. The number of hydrogen-bond acceptors (Lipinski definition) is 2. The summed E-state index contributed by atoms with van der Waals surface area (Å²) in [7, 11) is 0. The van der Waals surface area contributed by atoms with Crippen LogP contribution in [-0.2, 0) is 6.54 Å². The molecule has 0 fully saturated rings. The highest BCUT2D eigenvalue weighted by atomic mass is 19.1. The summed E-state index contributed by atoms with van der Waals surface area (Å²) in [4.78, 5) is 11.7. The van der Waals surface area contributed by atoms with Crippen molar-refractivity contribution in [3.8, 4) is 5.75 Å². The predicted molar refractivity (Wildman–Crippen MR) is 65.6 cm³/mol. The molecule has 2 aromatic rings. The maximum absolute atomic E-state index is 13.0. The third-order valence-electron chi connectivity index (χ3n) is 2.57. The van der Waals surface area contributed by atoms with Crippen LogP contribution in [0.2, 0.25) is 0 Å². The number of phenols is 1. The van der Waals surface area contributed by atoms with E-state index < -0.39 is 11.7 Å². The van der Waals surface area contributed by atoms with Crippen LogP contribution in [0.3, 0.4) is 0 Å². The number of carbonyl (C=O) groups is 1. The molecule has 2 N–H and O–H groups in total. The summed E-state index contributed by atoms with van der Waals surface area (Å²) in [6.07, 6.45) is 0. The summed E-state index contributed by atoms with van der Waals surface area (Å²) in [6.45, 7) is 0.162. The Morgan fingerprint density at radius 2 is 1.68 bits per heavy atom. The van der Waals surface area contributed by atoms with E-state index in [0.29, 0.717) is 5.56 Å². The summed E-state index contributed by atoms with van der Waals surface area (Å²) in [5.74, 6) is -1.86. The van der Waals surface area contributed by atoms with Crippen LogP contribution < -0.4 is 5.32 Å². The second-order valence-electron chi connectivity index (χ2n) is 3.97. The highest BCUT2D eigenvalue weighted by Crippen LogP contribution is 2.17. The van der Waals surface area contributed by atoms with Crippen LogP contribution >= 0.6 is 0 Å². The molecule has 0 atom stereocenters. The molecule has 3 nitrogen and oxygen atoms in total. The average molecular weight is 263 g/mol. The fraction of sp³-hybridized carbons (Fsp3) is 0.0714. The second kappa shape index (κ2) is 5.48. The molecular weight excluding hydrogens is 252 g/mol. The van der Waals surface area contributed by atoms with E-state index in [1.165, 1.54) is 24.3 Å². The molecule has 0 heterocycles. The molecule has 0 aromatic heterocycles. The maximum Gasteiger partial charge on any atom is 0.255 e. The normalized spacial score (nSPS) is 10.2. The minimum atomic E-state index is -0.607. The molecule has 0 aliphatic heterocycles. The monoisotopic (exact) mass is 263 g/mol. The van der Waals surface area contributed by atoms with Crippen LogP contribution in [-0.4, -0.2) is 11.0 Å². The van der Waals surface area contributed by atoms with Crippen molar-refractivity contribution in [3.05, 3.63) is 65.2 Å². The first kappa shape index (κ1) is 13.0. The number of benzene rings is 2. The SMILES string of the molecule is O=C(NCc1ccc(F)cc1)c1cc(F)ccc1O. The van der Waals surface area contributed by atoms with Crippen molar-refractivity contribution in [1.82, 2.24) is 5.32 Å². The molecule has 5 heteroatoms. The van der Waals surface area contributed by atoms with Crippen LogP contribution in [0.1, 0.15) is 15.9 Å². The Morgan fingerprint density at radius 1 is 1.05 bits per heavy atom. The lowest BCUT2D eigenvalue weighted by Gasteiger charge is -2.07. The molecule has 0 unspecified atom stereocenters. The Balaban J connectivity index is 2.05. The van der Waals surface area contributed by atoms with Gasteiger partial charge in [-0.1, -0.05) is 12.1 Å². The van der Waals surface area contributed by atoms with Gasteiger partial charge in [-0.3, -0.25) is 4.79 Å². The van der Waals surface area contributed by atoms with Gasteiger partial charge >= 0.3 is 0 Å². The molecule has 0 bridgehead atoms. The molecule has 0 saturated heterocycles. The highest BCUT2D eigenvalue weighted by molar-refractivity contribution is 5.96. The van der Waals surface area contributed by atoms with Crippen molar-refractivity contribution in [1.29, 1.82) is 0 Å². The lowest BCUT2D eigenvalue weighted by atomic mass is 10.1. The Bertz CT molecular complexity index is 597. The number of rotatable bonds is 3. The lowest BCUT2D eigenvalue weighted by molar-refractivity contribution is 0.0947. The maximum atomic E-state index is 13.0. The molecule has 1 amide bonds. The van der Waals surface area contributed by atoms with Crippen LogP contribution in [0, 0.1) is 11.6 Å².